The molecular weight excluding hydrogens is 465 g/mol. The van der Waals surface area contributed by atoms with Gasteiger partial charge in [-0.15, -0.1) is 0 Å². The summed E-state index contributed by atoms with van der Waals surface area (Å²) in [5.74, 6) is 0.754. The number of halogens is 3. The number of amides is 2. The molecule has 11 heteroatoms. The average molecular weight is 492 g/mol. The Hall–Kier alpha value is -3.60. The molecule has 0 aliphatic carbocycles. The minimum Gasteiger partial charge on any atom is -0.467 e. The summed E-state index contributed by atoms with van der Waals surface area (Å²) in [6.45, 7) is 3.72. The van der Waals surface area contributed by atoms with Gasteiger partial charge in [-0.1, -0.05) is 18.2 Å². The number of rotatable bonds is 9. The molecule has 1 aromatic carbocycles. The highest BCUT2D eigenvalue weighted by Gasteiger charge is 2.30. The Kier molecular flexibility index (Phi) is 8.34. The van der Waals surface area contributed by atoms with E-state index in [1.807, 2.05) is 13.8 Å². The maximum atomic E-state index is 13.1. The Bertz CT molecular complexity index is 1190. The van der Waals surface area contributed by atoms with E-state index < -0.39 is 17.3 Å². The third-order valence-corrected chi connectivity index (χ3v) is 5.03. The number of nitrogens with zero attached hydrogens (tertiary/aromatic N) is 2. The van der Waals surface area contributed by atoms with Crippen LogP contribution in [0, 0.1) is 0 Å². The number of ether oxygens (including phenoxy) is 1. The van der Waals surface area contributed by atoms with Crippen molar-refractivity contribution in [3.8, 4) is 0 Å². The van der Waals surface area contributed by atoms with Crippen molar-refractivity contribution < 1.29 is 27.1 Å². The third-order valence-electron chi connectivity index (χ3n) is 5.03. The van der Waals surface area contributed by atoms with Crippen LogP contribution in [0.5, 0.6) is 0 Å². The number of methoxy groups -OCH3 is 1. The number of urea groups is 1. The number of furan rings is 1. The van der Waals surface area contributed by atoms with E-state index in [2.05, 4.69) is 15.3 Å². The van der Waals surface area contributed by atoms with Gasteiger partial charge in [-0.05, 0) is 37.6 Å². The van der Waals surface area contributed by atoms with Crippen molar-refractivity contribution in [2.75, 3.05) is 7.11 Å². The van der Waals surface area contributed by atoms with E-state index in [0.717, 1.165) is 12.1 Å². The zero-order valence-electron chi connectivity index (χ0n) is 19.6. The van der Waals surface area contributed by atoms with Gasteiger partial charge < -0.3 is 24.4 Å². The standard InChI is InChI=1S/C24H27F3N4O4/c1-15(2)28-23(33)31(12-18-8-5-9-35-18)13-21-29-20(14-34-3)19(22(32)30-21)11-16-6-4-7-17(10-16)24(25,26)27/h4-10,15H,11-14H2,1-3H3,(H,28,33)(H,29,30,32). The molecule has 0 unspecified atom stereocenters. The van der Waals surface area contributed by atoms with Gasteiger partial charge in [-0.3, -0.25) is 4.79 Å². The number of aromatic amines is 1. The lowest BCUT2D eigenvalue weighted by molar-refractivity contribution is -0.137. The van der Waals surface area contributed by atoms with Gasteiger partial charge in [0.05, 0.1) is 37.2 Å². The number of carbonyl (C=O) groups is 1. The van der Waals surface area contributed by atoms with Gasteiger partial charge in [0.25, 0.3) is 5.56 Å². The number of alkyl halides is 3. The summed E-state index contributed by atoms with van der Waals surface area (Å²) in [4.78, 5) is 34.3. The van der Waals surface area contributed by atoms with Crippen LogP contribution < -0.4 is 10.9 Å². The van der Waals surface area contributed by atoms with Crippen LogP contribution in [-0.4, -0.2) is 34.1 Å². The fraction of sp³-hybridized carbons (Fsp3) is 0.375. The average Bonchev–Trinajstić information content (AvgIpc) is 3.28. The fourth-order valence-electron chi connectivity index (χ4n) is 3.48. The van der Waals surface area contributed by atoms with Crippen molar-refractivity contribution in [2.24, 2.45) is 0 Å². The first-order valence-corrected chi connectivity index (χ1v) is 10.9. The van der Waals surface area contributed by atoms with Crippen LogP contribution >= 0.6 is 0 Å². The summed E-state index contributed by atoms with van der Waals surface area (Å²) < 4.78 is 49.8. The zero-order chi connectivity index (χ0) is 25.6. The predicted octanol–water partition coefficient (Wildman–Crippen LogP) is 4.24. The summed E-state index contributed by atoms with van der Waals surface area (Å²) in [5, 5.41) is 2.80. The maximum Gasteiger partial charge on any atom is 0.416 e. The summed E-state index contributed by atoms with van der Waals surface area (Å²) in [6.07, 6.45) is -3.06. The van der Waals surface area contributed by atoms with Crippen LogP contribution in [0.15, 0.2) is 51.9 Å². The van der Waals surface area contributed by atoms with Crippen molar-refractivity contribution in [2.45, 2.75) is 52.2 Å². The van der Waals surface area contributed by atoms with E-state index in [1.165, 1.54) is 30.4 Å². The lowest BCUT2D eigenvalue weighted by atomic mass is 10.0. The molecule has 0 spiro atoms. The SMILES string of the molecule is COCc1nc(CN(Cc2ccco2)C(=O)NC(C)C)[nH]c(=O)c1Cc1cccc(C(F)(F)F)c1. The molecule has 0 saturated carbocycles. The van der Waals surface area contributed by atoms with Crippen molar-refractivity contribution in [3.05, 3.63) is 87.0 Å². The van der Waals surface area contributed by atoms with Crippen molar-refractivity contribution >= 4 is 6.03 Å². The van der Waals surface area contributed by atoms with Crippen LogP contribution in [0.4, 0.5) is 18.0 Å². The van der Waals surface area contributed by atoms with Gasteiger partial charge >= 0.3 is 12.2 Å². The van der Waals surface area contributed by atoms with Crippen LogP contribution in [0.1, 0.15) is 47.8 Å². The third kappa shape index (κ3) is 7.19. The number of H-pyrrole nitrogens is 1. The number of nitrogens with one attached hydrogen (secondary N) is 2. The smallest absolute Gasteiger partial charge is 0.416 e. The summed E-state index contributed by atoms with van der Waals surface area (Å²) in [7, 11) is 1.43. The predicted molar refractivity (Wildman–Crippen MR) is 121 cm³/mol. The summed E-state index contributed by atoms with van der Waals surface area (Å²) >= 11 is 0. The Labute approximate surface area is 200 Å². The van der Waals surface area contributed by atoms with Crippen molar-refractivity contribution in [1.82, 2.24) is 20.2 Å². The van der Waals surface area contributed by atoms with E-state index in [0.29, 0.717) is 11.3 Å². The van der Waals surface area contributed by atoms with Gasteiger partial charge in [0.2, 0.25) is 0 Å². The van der Waals surface area contributed by atoms with Gasteiger partial charge in [0.1, 0.15) is 11.6 Å². The molecule has 3 aromatic rings. The molecule has 0 aliphatic heterocycles. The molecule has 0 atom stereocenters. The highest BCUT2D eigenvalue weighted by atomic mass is 19.4. The topological polar surface area (TPSA) is 100 Å². The monoisotopic (exact) mass is 492 g/mol. The molecular formula is C24H27F3N4O4. The molecule has 0 aliphatic rings. The molecule has 35 heavy (non-hydrogen) atoms. The first-order valence-electron chi connectivity index (χ1n) is 10.9. The quantitative estimate of drug-likeness (QED) is 0.466. The minimum atomic E-state index is -4.49. The van der Waals surface area contributed by atoms with Crippen molar-refractivity contribution in [3.63, 3.8) is 0 Å². The number of benzene rings is 1. The molecule has 2 heterocycles. The van der Waals surface area contributed by atoms with Gasteiger partial charge in [0.15, 0.2) is 0 Å². The fourth-order valence-corrected chi connectivity index (χ4v) is 3.48. The van der Waals surface area contributed by atoms with E-state index in [9.17, 15) is 22.8 Å². The lowest BCUT2D eigenvalue weighted by Crippen LogP contribution is -2.42. The molecule has 188 valence electrons. The highest BCUT2D eigenvalue weighted by molar-refractivity contribution is 5.74. The number of carbonyl (C=O) groups excluding carboxylic acids is 1. The molecule has 0 saturated heterocycles. The summed E-state index contributed by atoms with van der Waals surface area (Å²) in [5.41, 5.74) is -0.520. The second-order valence-corrected chi connectivity index (χ2v) is 8.29. The van der Waals surface area contributed by atoms with E-state index >= 15 is 0 Å². The Balaban J connectivity index is 1.91. The first-order chi connectivity index (χ1) is 16.6. The Morgan fingerprint density at radius 2 is 2.00 bits per heavy atom. The highest BCUT2D eigenvalue weighted by Crippen LogP contribution is 2.30. The van der Waals surface area contributed by atoms with Crippen molar-refractivity contribution in [1.29, 1.82) is 0 Å². The maximum absolute atomic E-state index is 13.1. The van der Waals surface area contributed by atoms with Gasteiger partial charge in [-0.25, -0.2) is 9.78 Å². The minimum absolute atomic E-state index is 0.0262. The van der Waals surface area contributed by atoms with Gasteiger partial charge in [0, 0.05) is 25.1 Å². The molecule has 2 amide bonds. The molecule has 0 bridgehead atoms. The number of hydrogen-bond acceptors (Lipinski definition) is 5. The second-order valence-electron chi connectivity index (χ2n) is 8.29. The van der Waals surface area contributed by atoms with E-state index in [-0.39, 0.29) is 55.3 Å². The van der Waals surface area contributed by atoms with Crippen LogP contribution in [-0.2, 0) is 37.0 Å². The molecule has 8 nitrogen and oxygen atoms in total. The van der Waals surface area contributed by atoms with Crippen LogP contribution in [0.25, 0.3) is 0 Å². The first kappa shape index (κ1) is 26.0. The van der Waals surface area contributed by atoms with E-state index in [1.54, 1.807) is 12.1 Å². The molecule has 0 radical (unpaired) electrons. The van der Waals surface area contributed by atoms with Crippen LogP contribution in [0.2, 0.25) is 0 Å². The van der Waals surface area contributed by atoms with E-state index in [4.69, 9.17) is 9.15 Å². The van der Waals surface area contributed by atoms with Gasteiger partial charge in [-0.2, -0.15) is 13.2 Å². The molecule has 2 N–H and O–H groups in total. The lowest BCUT2D eigenvalue weighted by Gasteiger charge is -2.23. The second kappa shape index (κ2) is 11.2. The number of hydrogen-bond donors (Lipinski definition) is 2. The van der Waals surface area contributed by atoms with Crippen LogP contribution in [0.3, 0.4) is 0 Å². The Morgan fingerprint density at radius 3 is 2.63 bits per heavy atom. The molecule has 2 aromatic heterocycles. The number of aromatic nitrogens is 2. The normalized spacial score (nSPS) is 11.6. The zero-order valence-corrected chi connectivity index (χ0v) is 19.6. The largest absolute Gasteiger partial charge is 0.467 e. The summed E-state index contributed by atoms with van der Waals surface area (Å²) in [6, 6.07) is 7.72. The Morgan fingerprint density at radius 1 is 1.23 bits per heavy atom. The molecule has 0 fully saturated rings. The molecule has 3 rings (SSSR count).